The van der Waals surface area contributed by atoms with E-state index < -0.39 is 9.84 Å². The third-order valence-electron chi connectivity index (χ3n) is 1.92. The van der Waals surface area contributed by atoms with Gasteiger partial charge in [-0.25, -0.2) is 13.4 Å². The molecule has 80 valence electrons. The first-order valence-corrected chi connectivity index (χ1v) is 6.20. The van der Waals surface area contributed by atoms with Crippen molar-refractivity contribution in [3.8, 4) is 0 Å². The fourth-order valence-corrected chi connectivity index (χ4v) is 2.12. The lowest BCUT2D eigenvalue weighted by Crippen LogP contribution is -2.09. The van der Waals surface area contributed by atoms with Crippen molar-refractivity contribution in [1.82, 2.24) is 9.55 Å². The highest BCUT2D eigenvalue weighted by molar-refractivity contribution is 7.90. The summed E-state index contributed by atoms with van der Waals surface area (Å²) in [4.78, 5) is 3.80. The number of nitrogens with zero attached hydrogens (tertiary/aromatic N) is 2. The molecule has 0 atom stereocenters. The summed E-state index contributed by atoms with van der Waals surface area (Å²) in [5, 5.41) is 0.0545. The van der Waals surface area contributed by atoms with Crippen LogP contribution in [0, 0.1) is 0 Å². The Kier molecular flexibility index (Phi) is 2.36. The molecule has 6 heteroatoms. The highest BCUT2D eigenvalue weighted by Crippen LogP contribution is 2.10. The maximum absolute atomic E-state index is 11.3. The van der Waals surface area contributed by atoms with Gasteiger partial charge in [0.25, 0.3) is 0 Å². The van der Waals surface area contributed by atoms with Crippen molar-refractivity contribution in [2.75, 3.05) is 6.26 Å². The molecular formula is C9H10N2O3S. The molecular weight excluding hydrogens is 216 g/mol. The van der Waals surface area contributed by atoms with Gasteiger partial charge in [-0.05, 0) is 12.1 Å². The van der Waals surface area contributed by atoms with Crippen molar-refractivity contribution in [3.63, 3.8) is 0 Å². The molecule has 2 heterocycles. The van der Waals surface area contributed by atoms with E-state index >= 15 is 0 Å². The van der Waals surface area contributed by atoms with Crippen LogP contribution in [0.4, 0.5) is 0 Å². The van der Waals surface area contributed by atoms with E-state index in [1.165, 1.54) is 10.8 Å². The Morgan fingerprint density at radius 3 is 2.93 bits per heavy atom. The summed E-state index contributed by atoms with van der Waals surface area (Å²) in [6, 6.07) is 3.54. The summed E-state index contributed by atoms with van der Waals surface area (Å²) in [7, 11) is -3.28. The number of furan rings is 1. The topological polar surface area (TPSA) is 65.1 Å². The lowest BCUT2D eigenvalue weighted by Gasteiger charge is -2.03. The quantitative estimate of drug-likeness (QED) is 0.780. The summed E-state index contributed by atoms with van der Waals surface area (Å²) in [5.41, 5.74) is 0. The van der Waals surface area contributed by atoms with E-state index in [0.717, 1.165) is 6.26 Å². The lowest BCUT2D eigenvalue weighted by molar-refractivity contribution is 0.480. The second-order valence-corrected chi connectivity index (χ2v) is 5.10. The normalized spacial score (nSPS) is 11.8. The highest BCUT2D eigenvalue weighted by Gasteiger charge is 2.14. The van der Waals surface area contributed by atoms with Crippen LogP contribution in [0.2, 0.25) is 0 Å². The predicted octanol–water partition coefficient (Wildman–Crippen LogP) is 0.928. The largest absolute Gasteiger partial charge is 0.467 e. The molecule has 15 heavy (non-hydrogen) atoms. The van der Waals surface area contributed by atoms with Crippen LogP contribution in [0.15, 0.2) is 40.4 Å². The van der Waals surface area contributed by atoms with Gasteiger partial charge in [0.1, 0.15) is 5.76 Å². The standard InChI is InChI=1S/C9H10N2O3S/c1-15(12,13)9-10-4-5-11(9)7-8-3-2-6-14-8/h2-6H,7H2,1H3. The molecule has 5 nitrogen and oxygen atoms in total. The van der Waals surface area contributed by atoms with Gasteiger partial charge in [0, 0.05) is 18.6 Å². The van der Waals surface area contributed by atoms with E-state index in [2.05, 4.69) is 4.98 Å². The van der Waals surface area contributed by atoms with E-state index in [4.69, 9.17) is 4.42 Å². The third-order valence-corrected chi connectivity index (χ3v) is 2.92. The maximum atomic E-state index is 11.3. The summed E-state index contributed by atoms with van der Waals surface area (Å²) >= 11 is 0. The zero-order valence-electron chi connectivity index (χ0n) is 8.12. The zero-order chi connectivity index (χ0) is 10.9. The van der Waals surface area contributed by atoms with Gasteiger partial charge in [0.05, 0.1) is 12.8 Å². The van der Waals surface area contributed by atoms with Gasteiger partial charge in [-0.2, -0.15) is 0 Å². The molecule has 0 spiro atoms. The van der Waals surface area contributed by atoms with Crippen molar-refractivity contribution in [1.29, 1.82) is 0 Å². The number of rotatable bonds is 3. The monoisotopic (exact) mass is 226 g/mol. The molecule has 2 aromatic rings. The molecule has 0 aromatic carbocycles. The third kappa shape index (κ3) is 2.10. The van der Waals surface area contributed by atoms with E-state index in [0.29, 0.717) is 12.3 Å². The van der Waals surface area contributed by atoms with Gasteiger partial charge < -0.3 is 8.98 Å². The van der Waals surface area contributed by atoms with Crippen molar-refractivity contribution < 1.29 is 12.8 Å². The van der Waals surface area contributed by atoms with Crippen LogP contribution in [0.5, 0.6) is 0 Å². The van der Waals surface area contributed by atoms with Gasteiger partial charge in [-0.3, -0.25) is 0 Å². The minimum absolute atomic E-state index is 0.0545. The first-order chi connectivity index (χ1) is 7.07. The Labute approximate surface area is 87.3 Å². The van der Waals surface area contributed by atoms with Gasteiger partial charge in [-0.1, -0.05) is 0 Å². The van der Waals surface area contributed by atoms with E-state index in [9.17, 15) is 8.42 Å². The molecule has 0 saturated heterocycles. The summed E-state index contributed by atoms with van der Waals surface area (Å²) in [5.74, 6) is 0.693. The Morgan fingerprint density at radius 1 is 1.53 bits per heavy atom. The van der Waals surface area contributed by atoms with E-state index in [1.54, 1.807) is 24.6 Å². The molecule has 0 amide bonds. The second-order valence-electron chi connectivity index (χ2n) is 3.19. The molecule has 0 fully saturated rings. The van der Waals surface area contributed by atoms with Crippen LogP contribution < -0.4 is 0 Å². The number of aromatic nitrogens is 2. The minimum atomic E-state index is -3.28. The Bertz CT molecular complexity index is 540. The molecule has 0 aliphatic heterocycles. The van der Waals surface area contributed by atoms with Crippen LogP contribution in [0.25, 0.3) is 0 Å². The lowest BCUT2D eigenvalue weighted by atomic mass is 10.4. The number of sulfone groups is 1. The first kappa shape index (κ1) is 9.97. The van der Waals surface area contributed by atoms with Gasteiger partial charge in [-0.15, -0.1) is 0 Å². The van der Waals surface area contributed by atoms with Crippen LogP contribution in [-0.2, 0) is 16.4 Å². The van der Waals surface area contributed by atoms with Crippen molar-refractivity contribution in [2.24, 2.45) is 0 Å². The SMILES string of the molecule is CS(=O)(=O)c1nccn1Cc1ccco1. The van der Waals surface area contributed by atoms with Gasteiger partial charge in [0.15, 0.2) is 0 Å². The summed E-state index contributed by atoms with van der Waals surface area (Å²) in [6.07, 6.45) is 5.75. The summed E-state index contributed by atoms with van der Waals surface area (Å²) in [6.45, 7) is 0.370. The first-order valence-electron chi connectivity index (χ1n) is 4.31. The predicted molar refractivity (Wildman–Crippen MR) is 53.1 cm³/mol. The van der Waals surface area contributed by atoms with Crippen molar-refractivity contribution in [2.45, 2.75) is 11.7 Å². The van der Waals surface area contributed by atoms with Crippen LogP contribution in [-0.4, -0.2) is 24.2 Å². The van der Waals surface area contributed by atoms with Gasteiger partial charge >= 0.3 is 0 Å². The number of hydrogen-bond acceptors (Lipinski definition) is 4. The molecule has 0 radical (unpaired) electrons. The summed E-state index contributed by atoms with van der Waals surface area (Å²) < 4.78 is 29.3. The molecule has 0 unspecified atom stereocenters. The minimum Gasteiger partial charge on any atom is -0.467 e. The Hall–Kier alpha value is -1.56. The maximum Gasteiger partial charge on any atom is 0.227 e. The van der Waals surface area contributed by atoms with E-state index in [-0.39, 0.29) is 5.16 Å². The number of imidazole rings is 1. The molecule has 2 aromatic heterocycles. The van der Waals surface area contributed by atoms with E-state index in [1.807, 2.05) is 0 Å². The smallest absolute Gasteiger partial charge is 0.227 e. The average molecular weight is 226 g/mol. The molecule has 0 aliphatic rings. The Balaban J connectivity index is 2.35. The fourth-order valence-electron chi connectivity index (χ4n) is 1.31. The molecule has 2 rings (SSSR count). The fraction of sp³-hybridized carbons (Fsp3) is 0.222. The molecule has 0 saturated carbocycles. The Morgan fingerprint density at radius 2 is 2.33 bits per heavy atom. The highest BCUT2D eigenvalue weighted by atomic mass is 32.2. The second kappa shape index (κ2) is 3.54. The molecule has 0 N–H and O–H groups in total. The van der Waals surface area contributed by atoms with Crippen LogP contribution in [0.1, 0.15) is 5.76 Å². The molecule has 0 aliphatic carbocycles. The van der Waals surface area contributed by atoms with Crippen LogP contribution in [0.3, 0.4) is 0 Å². The number of hydrogen-bond donors (Lipinski definition) is 0. The van der Waals surface area contributed by atoms with Crippen molar-refractivity contribution in [3.05, 3.63) is 36.5 Å². The van der Waals surface area contributed by atoms with Crippen molar-refractivity contribution >= 4 is 9.84 Å². The molecule has 0 bridgehead atoms. The van der Waals surface area contributed by atoms with Crippen LogP contribution >= 0.6 is 0 Å². The van der Waals surface area contributed by atoms with Gasteiger partial charge in [0.2, 0.25) is 15.0 Å². The average Bonchev–Trinajstić information content (AvgIpc) is 2.73. The zero-order valence-corrected chi connectivity index (χ0v) is 8.94.